The zero-order valence-corrected chi connectivity index (χ0v) is 16.2. The minimum Gasteiger partial charge on any atom is -0.393 e. The van der Waals surface area contributed by atoms with E-state index in [0.29, 0.717) is 19.4 Å². The van der Waals surface area contributed by atoms with E-state index >= 15 is 0 Å². The molecule has 0 radical (unpaired) electrons. The number of pyridine rings is 1. The van der Waals surface area contributed by atoms with Crippen LogP contribution in [0.3, 0.4) is 0 Å². The Balaban J connectivity index is 1.56. The molecule has 2 aromatic rings. The van der Waals surface area contributed by atoms with Gasteiger partial charge in [-0.15, -0.1) is 0 Å². The fraction of sp³-hybridized carbons (Fsp3) is 0.455. The molecule has 1 atom stereocenters. The molecule has 1 spiro atoms. The largest absolute Gasteiger partial charge is 0.393 e. The number of aromatic nitrogens is 2. The van der Waals surface area contributed by atoms with Gasteiger partial charge in [-0.1, -0.05) is 12.2 Å². The van der Waals surface area contributed by atoms with Crippen LogP contribution in [0.4, 0.5) is 5.69 Å². The molecule has 1 saturated carbocycles. The van der Waals surface area contributed by atoms with Gasteiger partial charge in [0.1, 0.15) is 5.54 Å². The second-order valence-electron chi connectivity index (χ2n) is 8.52. The van der Waals surface area contributed by atoms with Crippen molar-refractivity contribution in [1.82, 2.24) is 14.5 Å². The maximum Gasteiger partial charge on any atom is 0.225 e. The Morgan fingerprint density at radius 1 is 1.36 bits per heavy atom. The lowest BCUT2D eigenvalue weighted by Crippen LogP contribution is -2.54. The fourth-order valence-corrected chi connectivity index (χ4v) is 5.06. The number of anilines is 1. The quantitative estimate of drug-likeness (QED) is 0.834. The number of carbonyl (C=O) groups excluding carboxylic acids is 1. The summed E-state index contributed by atoms with van der Waals surface area (Å²) in [7, 11) is 0. The first-order valence-electron chi connectivity index (χ1n) is 10.0. The maximum atomic E-state index is 13.0. The molecule has 1 N–H and O–H groups in total. The molecule has 2 fully saturated rings. The van der Waals surface area contributed by atoms with E-state index in [-0.39, 0.29) is 23.5 Å². The highest BCUT2D eigenvalue weighted by Crippen LogP contribution is 2.47. The first-order chi connectivity index (χ1) is 13.5. The smallest absolute Gasteiger partial charge is 0.225 e. The number of aliphatic hydroxyl groups excluding tert-OH is 1. The number of amides is 1. The summed E-state index contributed by atoms with van der Waals surface area (Å²) in [4.78, 5) is 22.0. The molecule has 0 unspecified atom stereocenters. The van der Waals surface area contributed by atoms with Gasteiger partial charge in [0.25, 0.3) is 0 Å². The lowest BCUT2D eigenvalue weighted by atomic mass is 9.81. The van der Waals surface area contributed by atoms with E-state index in [2.05, 4.69) is 45.4 Å². The number of rotatable bonds is 3. The van der Waals surface area contributed by atoms with Crippen LogP contribution < -0.4 is 4.90 Å². The van der Waals surface area contributed by atoms with Gasteiger partial charge in [0, 0.05) is 37.9 Å². The molecular weight excluding hydrogens is 352 g/mol. The third kappa shape index (κ3) is 2.44. The zero-order chi connectivity index (χ0) is 19.5. The van der Waals surface area contributed by atoms with Gasteiger partial charge >= 0.3 is 0 Å². The van der Waals surface area contributed by atoms with Crippen molar-refractivity contribution in [2.75, 3.05) is 24.5 Å². The van der Waals surface area contributed by atoms with Crippen LogP contribution in [-0.4, -0.2) is 51.2 Å². The van der Waals surface area contributed by atoms with E-state index in [4.69, 9.17) is 0 Å². The van der Waals surface area contributed by atoms with Crippen LogP contribution in [0.15, 0.2) is 48.8 Å². The first-order valence-corrected chi connectivity index (χ1v) is 10.0. The third-order valence-corrected chi connectivity index (χ3v) is 6.48. The Hall–Kier alpha value is -2.60. The molecule has 2 aromatic heterocycles. The molecule has 2 aliphatic heterocycles. The summed E-state index contributed by atoms with van der Waals surface area (Å²) in [6.45, 7) is 8.32. The Morgan fingerprint density at radius 2 is 2.18 bits per heavy atom. The van der Waals surface area contributed by atoms with Crippen LogP contribution in [0.25, 0.3) is 5.82 Å². The van der Waals surface area contributed by atoms with Crippen molar-refractivity contribution in [3.05, 3.63) is 54.5 Å². The van der Waals surface area contributed by atoms with Gasteiger partial charge in [-0.25, -0.2) is 4.98 Å². The minimum absolute atomic E-state index is 0.0240. The Labute approximate surface area is 165 Å². The highest BCUT2D eigenvalue weighted by atomic mass is 16.3. The highest BCUT2D eigenvalue weighted by Gasteiger charge is 2.51. The van der Waals surface area contributed by atoms with E-state index in [9.17, 15) is 9.90 Å². The van der Waals surface area contributed by atoms with Gasteiger partial charge in [-0.3, -0.25) is 4.79 Å². The lowest BCUT2D eigenvalue weighted by Gasteiger charge is -2.47. The van der Waals surface area contributed by atoms with E-state index in [1.165, 1.54) is 5.69 Å². The molecule has 28 heavy (non-hydrogen) atoms. The number of aliphatic hydroxyl groups is 1. The van der Waals surface area contributed by atoms with Crippen molar-refractivity contribution in [3.63, 3.8) is 0 Å². The van der Waals surface area contributed by atoms with Crippen LogP contribution in [0, 0.1) is 5.92 Å². The summed E-state index contributed by atoms with van der Waals surface area (Å²) < 4.78 is 2.17. The van der Waals surface area contributed by atoms with Crippen molar-refractivity contribution in [2.24, 2.45) is 5.92 Å². The summed E-state index contributed by atoms with van der Waals surface area (Å²) in [5.74, 6) is 1.10. The van der Waals surface area contributed by atoms with Crippen molar-refractivity contribution >= 4 is 11.6 Å². The summed E-state index contributed by atoms with van der Waals surface area (Å²) >= 11 is 0. The monoisotopic (exact) mass is 378 g/mol. The molecule has 4 heterocycles. The Kier molecular flexibility index (Phi) is 3.88. The molecule has 3 aliphatic rings. The van der Waals surface area contributed by atoms with E-state index < -0.39 is 0 Å². The van der Waals surface area contributed by atoms with Crippen LogP contribution in [0.1, 0.15) is 31.9 Å². The van der Waals surface area contributed by atoms with Crippen LogP contribution in [-0.2, 0) is 10.3 Å². The third-order valence-electron chi connectivity index (χ3n) is 6.48. The second-order valence-corrected chi connectivity index (χ2v) is 8.52. The summed E-state index contributed by atoms with van der Waals surface area (Å²) in [6, 6.07) is 8.31. The molecule has 0 aromatic carbocycles. The van der Waals surface area contributed by atoms with Crippen LogP contribution in [0.5, 0.6) is 0 Å². The van der Waals surface area contributed by atoms with Gasteiger partial charge in [0.2, 0.25) is 5.91 Å². The second kappa shape index (κ2) is 6.21. The molecule has 1 saturated heterocycles. The predicted molar refractivity (Wildman–Crippen MR) is 107 cm³/mol. The van der Waals surface area contributed by atoms with Crippen molar-refractivity contribution < 1.29 is 9.90 Å². The first kappa shape index (κ1) is 17.5. The average Bonchev–Trinajstić information content (AvgIpc) is 3.30. The molecule has 6 heteroatoms. The summed E-state index contributed by atoms with van der Waals surface area (Å²) in [6.07, 6.45) is 5.65. The number of hydrogen-bond acceptors (Lipinski definition) is 4. The molecule has 1 aliphatic carbocycles. The zero-order valence-electron chi connectivity index (χ0n) is 16.2. The molecule has 6 nitrogen and oxygen atoms in total. The normalized spacial score (nSPS) is 28.1. The van der Waals surface area contributed by atoms with Gasteiger partial charge in [0.15, 0.2) is 5.82 Å². The molecular formula is C22H26N4O2. The van der Waals surface area contributed by atoms with E-state index in [0.717, 1.165) is 36.6 Å². The molecule has 0 bridgehead atoms. The van der Waals surface area contributed by atoms with Gasteiger partial charge in [0.05, 0.1) is 17.5 Å². The maximum absolute atomic E-state index is 13.0. The topological polar surface area (TPSA) is 61.6 Å². The van der Waals surface area contributed by atoms with Gasteiger partial charge < -0.3 is 19.5 Å². The highest BCUT2D eigenvalue weighted by molar-refractivity contribution is 5.81. The number of carbonyl (C=O) groups is 1. The number of likely N-dealkylation sites (tertiary alicyclic amines) is 1. The van der Waals surface area contributed by atoms with Gasteiger partial charge in [-0.05, 0) is 50.5 Å². The Morgan fingerprint density at radius 3 is 2.93 bits per heavy atom. The minimum atomic E-state index is -0.310. The fourth-order valence-electron chi connectivity index (χ4n) is 5.06. The standard InChI is InChI=1S/C22H26N4O2/c1-15(2)13-26-18-5-3-8-23-20(18)25-9-4-6-19(25)22(26)7-10-24(14-22)21(28)16-11-17(27)12-16/h3-6,8-9,16-17,27H,1,7,10-14H2,2H3/t16?,17?,22-/m0/s1. The molecule has 5 rings (SSSR count). The molecule has 1 amide bonds. The van der Waals surface area contributed by atoms with E-state index in [1.54, 1.807) is 0 Å². The van der Waals surface area contributed by atoms with Crippen LogP contribution >= 0.6 is 0 Å². The Bertz CT molecular complexity index is 946. The summed E-state index contributed by atoms with van der Waals surface area (Å²) in [5.41, 5.74) is 3.07. The van der Waals surface area contributed by atoms with Crippen molar-refractivity contribution in [1.29, 1.82) is 0 Å². The van der Waals surface area contributed by atoms with E-state index in [1.807, 2.05) is 24.1 Å². The predicted octanol–water partition coefficient (Wildman–Crippen LogP) is 2.47. The number of nitrogens with zero attached hydrogens (tertiary/aromatic N) is 4. The number of hydrogen-bond donors (Lipinski definition) is 1. The van der Waals surface area contributed by atoms with Crippen molar-refractivity contribution in [3.8, 4) is 5.82 Å². The van der Waals surface area contributed by atoms with Crippen LogP contribution in [0.2, 0.25) is 0 Å². The SMILES string of the molecule is C=C(C)CN1c2cccnc2-n2cccc2[C@@]12CCN(C(=O)C1CC(O)C1)C2. The molecule has 146 valence electrons. The van der Waals surface area contributed by atoms with Gasteiger partial charge in [-0.2, -0.15) is 0 Å². The average molecular weight is 378 g/mol. The lowest BCUT2D eigenvalue weighted by molar-refractivity contribution is -0.141. The van der Waals surface area contributed by atoms with Crippen molar-refractivity contribution in [2.45, 2.75) is 37.8 Å². The summed E-state index contributed by atoms with van der Waals surface area (Å²) in [5, 5.41) is 9.61. The number of fused-ring (bicyclic) bond motifs is 4.